The van der Waals surface area contributed by atoms with Gasteiger partial charge in [-0.15, -0.1) is 0 Å². The van der Waals surface area contributed by atoms with E-state index in [1.165, 1.54) is 0 Å². The minimum Gasteiger partial charge on any atom is -0.457 e. The zero-order valence-corrected chi connectivity index (χ0v) is 16.5. The normalized spacial score (nSPS) is 11.5. The molecule has 0 saturated heterocycles. The lowest BCUT2D eigenvalue weighted by Gasteiger charge is -2.02. The molecule has 0 aliphatic rings. The van der Waals surface area contributed by atoms with Crippen LogP contribution in [0.5, 0.6) is 0 Å². The molecule has 27 heavy (non-hydrogen) atoms. The molecule has 2 nitrogen and oxygen atoms in total. The number of hydrogen-bond acceptors (Lipinski definition) is 2. The van der Waals surface area contributed by atoms with Crippen molar-refractivity contribution in [1.29, 1.82) is 5.26 Å². The molecular weight excluding hydrogens is 422 g/mol. The largest absolute Gasteiger partial charge is 0.457 e. The highest BCUT2D eigenvalue weighted by Crippen LogP contribution is 2.31. The third-order valence-electron chi connectivity index (χ3n) is 4.30. The maximum absolute atomic E-state index is 9.62. The van der Waals surface area contributed by atoms with E-state index in [2.05, 4.69) is 28.1 Å². The Labute approximate surface area is 170 Å². The van der Waals surface area contributed by atoms with Crippen molar-refractivity contribution in [2.75, 3.05) is 0 Å². The maximum atomic E-state index is 9.62. The van der Waals surface area contributed by atoms with E-state index >= 15 is 0 Å². The molecule has 0 bridgehead atoms. The quantitative estimate of drug-likeness (QED) is 0.312. The van der Waals surface area contributed by atoms with Gasteiger partial charge in [0.2, 0.25) is 0 Å². The number of allylic oxidation sites excluding steroid dienone is 1. The van der Waals surface area contributed by atoms with E-state index in [-0.39, 0.29) is 0 Å². The van der Waals surface area contributed by atoms with Gasteiger partial charge in [0.25, 0.3) is 0 Å². The first-order valence-electron chi connectivity index (χ1n) is 8.30. The Hall–Kier alpha value is -2.80. The molecule has 0 atom stereocenters. The molecule has 130 valence electrons. The lowest BCUT2D eigenvalue weighted by molar-refractivity contribution is 0.572. The van der Waals surface area contributed by atoms with Crippen LogP contribution in [0.4, 0.5) is 0 Å². The summed E-state index contributed by atoms with van der Waals surface area (Å²) in [5, 5.41) is 12.5. The zero-order chi connectivity index (χ0) is 18.8. The van der Waals surface area contributed by atoms with Crippen LogP contribution >= 0.6 is 27.5 Å². The summed E-state index contributed by atoms with van der Waals surface area (Å²) in [5.41, 5.74) is 2.29. The molecule has 0 fully saturated rings. The van der Waals surface area contributed by atoms with Crippen molar-refractivity contribution in [3.05, 3.63) is 93.6 Å². The average Bonchev–Trinajstić information content (AvgIpc) is 3.16. The number of nitriles is 1. The van der Waals surface area contributed by atoms with Crippen molar-refractivity contribution in [2.24, 2.45) is 0 Å². The summed E-state index contributed by atoms with van der Waals surface area (Å²) in [7, 11) is 0. The SMILES string of the molecule is N#C/C(=C/c1ccc(-c2ccc(Br)c(Cl)c2)o1)c1ccc2ccccc2c1. The van der Waals surface area contributed by atoms with E-state index in [0.717, 1.165) is 26.4 Å². The van der Waals surface area contributed by atoms with Crippen LogP contribution in [0.1, 0.15) is 11.3 Å². The summed E-state index contributed by atoms with van der Waals surface area (Å²) in [5.74, 6) is 1.32. The number of rotatable bonds is 3. The van der Waals surface area contributed by atoms with Gasteiger partial charge in [0.05, 0.1) is 16.7 Å². The highest BCUT2D eigenvalue weighted by molar-refractivity contribution is 9.10. The van der Waals surface area contributed by atoms with Gasteiger partial charge in [0.1, 0.15) is 11.5 Å². The van der Waals surface area contributed by atoms with Gasteiger partial charge in [-0.2, -0.15) is 5.26 Å². The van der Waals surface area contributed by atoms with Crippen LogP contribution in [0.3, 0.4) is 0 Å². The first-order chi connectivity index (χ1) is 13.1. The van der Waals surface area contributed by atoms with Crippen LogP contribution < -0.4 is 0 Å². The lowest BCUT2D eigenvalue weighted by Crippen LogP contribution is -1.82. The molecule has 1 aromatic heterocycles. The van der Waals surface area contributed by atoms with E-state index < -0.39 is 0 Å². The second-order valence-electron chi connectivity index (χ2n) is 6.06. The van der Waals surface area contributed by atoms with Gasteiger partial charge in [-0.05, 0) is 68.7 Å². The fraction of sp³-hybridized carbons (Fsp3) is 0. The number of furan rings is 1. The summed E-state index contributed by atoms with van der Waals surface area (Å²) in [4.78, 5) is 0. The standard InChI is InChI=1S/C23H13BrClNO/c24-21-9-7-18(13-22(21)25)23-10-8-20(27-23)12-19(14-26)17-6-5-15-3-1-2-4-16(15)11-17/h1-13H/b19-12-. The number of benzene rings is 3. The lowest BCUT2D eigenvalue weighted by atomic mass is 10.0. The van der Waals surface area contributed by atoms with Crippen LogP contribution in [-0.2, 0) is 0 Å². The van der Waals surface area contributed by atoms with Gasteiger partial charge in [-0.25, -0.2) is 0 Å². The minimum absolute atomic E-state index is 0.551. The van der Waals surface area contributed by atoms with Crippen LogP contribution in [0.25, 0.3) is 33.7 Å². The second kappa shape index (κ2) is 7.44. The molecule has 0 spiro atoms. The minimum atomic E-state index is 0.551. The van der Waals surface area contributed by atoms with E-state index in [1.807, 2.05) is 66.7 Å². The number of halogens is 2. The molecule has 0 aliphatic carbocycles. The van der Waals surface area contributed by atoms with Gasteiger partial charge in [0.15, 0.2) is 0 Å². The van der Waals surface area contributed by atoms with Gasteiger partial charge in [-0.1, -0.05) is 54.1 Å². The van der Waals surface area contributed by atoms with Gasteiger partial charge < -0.3 is 4.42 Å². The Balaban J connectivity index is 1.69. The number of fused-ring (bicyclic) bond motifs is 1. The molecular formula is C23H13BrClNO. The molecule has 4 heteroatoms. The molecule has 0 aliphatic heterocycles. The summed E-state index contributed by atoms with van der Waals surface area (Å²) in [6.07, 6.45) is 1.76. The second-order valence-corrected chi connectivity index (χ2v) is 7.32. The molecule has 0 radical (unpaired) electrons. The van der Waals surface area contributed by atoms with Crippen LogP contribution in [0.2, 0.25) is 5.02 Å². The molecule has 1 heterocycles. The third-order valence-corrected chi connectivity index (χ3v) is 5.53. The monoisotopic (exact) mass is 433 g/mol. The van der Waals surface area contributed by atoms with E-state index in [1.54, 1.807) is 6.08 Å². The van der Waals surface area contributed by atoms with Crippen molar-refractivity contribution < 1.29 is 4.42 Å². The fourth-order valence-corrected chi connectivity index (χ4v) is 3.34. The molecule has 4 rings (SSSR count). The summed E-state index contributed by atoms with van der Waals surface area (Å²) >= 11 is 9.55. The first-order valence-corrected chi connectivity index (χ1v) is 9.47. The van der Waals surface area contributed by atoms with Crippen molar-refractivity contribution in [3.63, 3.8) is 0 Å². The smallest absolute Gasteiger partial charge is 0.134 e. The van der Waals surface area contributed by atoms with E-state index in [9.17, 15) is 5.26 Å². The third kappa shape index (κ3) is 3.68. The van der Waals surface area contributed by atoms with Crippen molar-refractivity contribution >= 4 is 50.0 Å². The molecule has 4 aromatic rings. The van der Waals surface area contributed by atoms with Crippen molar-refractivity contribution in [3.8, 4) is 17.4 Å². The fourth-order valence-electron chi connectivity index (χ4n) is 2.91. The maximum Gasteiger partial charge on any atom is 0.134 e. The van der Waals surface area contributed by atoms with Crippen molar-refractivity contribution in [2.45, 2.75) is 0 Å². The van der Waals surface area contributed by atoms with Crippen LogP contribution in [0.15, 0.2) is 81.7 Å². The number of hydrogen-bond donors (Lipinski definition) is 0. The van der Waals surface area contributed by atoms with Gasteiger partial charge in [0, 0.05) is 10.0 Å². The predicted molar refractivity (Wildman–Crippen MR) is 114 cm³/mol. The average molecular weight is 435 g/mol. The zero-order valence-electron chi connectivity index (χ0n) is 14.1. The Kier molecular flexibility index (Phi) is 4.85. The Morgan fingerprint density at radius 3 is 2.56 bits per heavy atom. The van der Waals surface area contributed by atoms with Gasteiger partial charge >= 0.3 is 0 Å². The molecule has 0 N–H and O–H groups in total. The van der Waals surface area contributed by atoms with Crippen molar-refractivity contribution in [1.82, 2.24) is 0 Å². The molecule has 0 unspecified atom stereocenters. The van der Waals surface area contributed by atoms with Crippen LogP contribution in [0, 0.1) is 11.3 Å². The Morgan fingerprint density at radius 2 is 1.78 bits per heavy atom. The molecule has 0 amide bonds. The van der Waals surface area contributed by atoms with Crippen LogP contribution in [-0.4, -0.2) is 0 Å². The Bertz CT molecular complexity index is 1220. The first kappa shape index (κ1) is 17.6. The van der Waals surface area contributed by atoms with E-state index in [0.29, 0.717) is 22.1 Å². The summed E-state index contributed by atoms with van der Waals surface area (Å²) in [6.45, 7) is 0. The molecule has 3 aromatic carbocycles. The van der Waals surface area contributed by atoms with Gasteiger partial charge in [-0.3, -0.25) is 0 Å². The highest BCUT2D eigenvalue weighted by Gasteiger charge is 2.08. The molecule has 0 saturated carbocycles. The topological polar surface area (TPSA) is 36.9 Å². The predicted octanol–water partition coefficient (Wildman–Crippen LogP) is 7.58. The number of nitrogens with zero attached hydrogens (tertiary/aromatic N) is 1. The Morgan fingerprint density at radius 1 is 0.963 bits per heavy atom. The highest BCUT2D eigenvalue weighted by atomic mass is 79.9. The van der Waals surface area contributed by atoms with E-state index in [4.69, 9.17) is 16.0 Å². The summed E-state index contributed by atoms with van der Waals surface area (Å²) < 4.78 is 6.74. The summed E-state index contributed by atoms with van der Waals surface area (Å²) in [6, 6.07) is 25.7.